The van der Waals surface area contributed by atoms with Gasteiger partial charge >= 0.3 is 7.12 Å². The van der Waals surface area contributed by atoms with Gasteiger partial charge in [0.05, 0.1) is 71.5 Å². The number of hydrogen-bond acceptors (Lipinski definition) is 14. The summed E-state index contributed by atoms with van der Waals surface area (Å²) in [6.45, 7) is 14.9. The SMILES string of the molecule is CC1(C)OB(c2ccc(OC3CCCC3)c(C#N)c2)OC1(C)C.Clc1ccnc2nc(-c3ccc(N4CCOCC4)cc3)[nH]c12.N#Cc1cc(-c2ccnc3nc(-c4ccc(N5CCOCC5)cc4)[nH]c23)ccc1OC1CCCC1. The standard InChI is InChI=1S/C28H27N5O2.C18H24BNO3.C16H15ClN4O/c29-18-21-17-20(7-10-25(21)35-23-3-1-2-4-23)24-11-12-30-28-26(24)31-27(32-28)19-5-8-22(9-6-19)33-13-15-34-16-14-33;1-17(2)18(3,4)23-19(22-17)14-9-10-16(13(11-14)12-20)21-15-7-5-6-8-15;17-13-5-6-18-16-14(13)19-15(20-16)11-1-3-12(4-2-11)21-7-9-22-10-8-21/h5-12,17,23H,1-4,13-16H2,(H,30,31,32);9-11,15H,5-8H2,1-4H3;1-6H,7-10H2,(H,18,19,20). The molecular weight excluding hydrogens is 1030 g/mol. The number of halogens is 1. The molecule has 4 aromatic carbocycles. The van der Waals surface area contributed by atoms with Crippen LogP contribution < -0.4 is 24.7 Å². The number of morpholine rings is 2. The van der Waals surface area contributed by atoms with Gasteiger partial charge in [0.2, 0.25) is 0 Å². The molecule has 410 valence electrons. The Morgan fingerprint density at radius 3 is 1.52 bits per heavy atom. The van der Waals surface area contributed by atoms with Gasteiger partial charge in [0.15, 0.2) is 11.3 Å². The van der Waals surface area contributed by atoms with Gasteiger partial charge in [-0.15, -0.1) is 0 Å². The van der Waals surface area contributed by atoms with Crippen molar-refractivity contribution in [3.05, 3.63) is 126 Å². The van der Waals surface area contributed by atoms with Crippen LogP contribution in [0.5, 0.6) is 11.5 Å². The quantitative estimate of drug-likeness (QED) is 0.123. The highest BCUT2D eigenvalue weighted by Gasteiger charge is 2.51. The van der Waals surface area contributed by atoms with E-state index in [2.05, 4.69) is 95.4 Å². The van der Waals surface area contributed by atoms with E-state index < -0.39 is 7.12 Å². The largest absolute Gasteiger partial charge is 0.494 e. The first-order valence-corrected chi connectivity index (χ1v) is 28.3. The summed E-state index contributed by atoms with van der Waals surface area (Å²) >= 11 is 6.15. The lowest BCUT2D eigenvalue weighted by Crippen LogP contribution is -2.41. The van der Waals surface area contributed by atoms with Gasteiger partial charge in [-0.05, 0) is 175 Å². The Kier molecular flexibility index (Phi) is 16.4. The van der Waals surface area contributed by atoms with E-state index >= 15 is 0 Å². The number of anilines is 2. The van der Waals surface area contributed by atoms with Crippen LogP contribution in [-0.4, -0.2) is 113 Å². The summed E-state index contributed by atoms with van der Waals surface area (Å²) in [5.41, 5.74) is 10.4. The monoisotopic (exact) mass is 1090 g/mol. The molecule has 80 heavy (non-hydrogen) atoms. The van der Waals surface area contributed by atoms with Crippen LogP contribution in [0.1, 0.15) is 90.2 Å². The summed E-state index contributed by atoms with van der Waals surface area (Å²) in [7, 11) is -0.451. The van der Waals surface area contributed by atoms with E-state index in [0.717, 1.165) is 129 Å². The van der Waals surface area contributed by atoms with Crippen LogP contribution in [0.25, 0.3) is 56.2 Å². The van der Waals surface area contributed by atoms with Gasteiger partial charge < -0.3 is 48.0 Å². The lowest BCUT2D eigenvalue weighted by Gasteiger charge is -2.32. The van der Waals surface area contributed by atoms with Crippen molar-refractivity contribution < 1.29 is 28.3 Å². The highest BCUT2D eigenvalue weighted by molar-refractivity contribution is 6.62. The minimum absolute atomic E-state index is 0.213. The maximum Gasteiger partial charge on any atom is 0.494 e. The molecule has 2 saturated carbocycles. The van der Waals surface area contributed by atoms with E-state index in [4.69, 9.17) is 44.8 Å². The highest BCUT2D eigenvalue weighted by Crippen LogP contribution is 2.38. The van der Waals surface area contributed by atoms with Gasteiger partial charge in [-0.3, -0.25) is 0 Å². The summed E-state index contributed by atoms with van der Waals surface area (Å²) < 4.78 is 35.1. The molecule has 18 heteroatoms. The molecule has 13 rings (SSSR count). The molecule has 0 atom stereocenters. The van der Waals surface area contributed by atoms with Crippen molar-refractivity contribution in [3.63, 3.8) is 0 Å². The second-order valence-electron chi connectivity index (χ2n) is 21.8. The average Bonchev–Trinajstić information content (AvgIpc) is 4.39. The van der Waals surface area contributed by atoms with Crippen LogP contribution in [-0.2, 0) is 18.8 Å². The van der Waals surface area contributed by atoms with E-state index in [1.54, 1.807) is 18.5 Å². The number of H-pyrrole nitrogens is 2. The second kappa shape index (κ2) is 24.1. The zero-order chi connectivity index (χ0) is 55.2. The van der Waals surface area contributed by atoms with E-state index in [1.807, 2.05) is 70.2 Å². The normalized spacial score (nSPS) is 18.1. The van der Waals surface area contributed by atoms with Crippen molar-refractivity contribution in [1.29, 1.82) is 10.5 Å². The van der Waals surface area contributed by atoms with Crippen LogP contribution >= 0.6 is 11.6 Å². The first kappa shape index (κ1) is 54.5. The number of nitrogens with zero attached hydrogens (tertiary/aromatic N) is 8. The molecular formula is C62H66BClN10O6. The number of pyridine rings is 2. The molecule has 8 aromatic rings. The van der Waals surface area contributed by atoms with E-state index in [-0.39, 0.29) is 23.4 Å². The summed E-state index contributed by atoms with van der Waals surface area (Å²) in [5.74, 6) is 2.89. The van der Waals surface area contributed by atoms with Gasteiger partial charge in [0.25, 0.3) is 0 Å². The fraction of sp³-hybridized carbons (Fsp3) is 0.387. The van der Waals surface area contributed by atoms with E-state index in [9.17, 15) is 10.5 Å². The molecule has 3 aliphatic heterocycles. The molecule has 5 fully saturated rings. The number of aromatic nitrogens is 6. The zero-order valence-corrected chi connectivity index (χ0v) is 46.6. The van der Waals surface area contributed by atoms with Crippen molar-refractivity contribution in [2.45, 2.75) is 102 Å². The number of ether oxygens (including phenoxy) is 4. The number of rotatable bonds is 10. The molecule has 0 bridgehead atoms. The number of hydrogen-bond donors (Lipinski definition) is 2. The minimum atomic E-state index is -0.451. The van der Waals surface area contributed by atoms with Crippen LogP contribution in [0.3, 0.4) is 0 Å². The molecule has 2 aliphatic carbocycles. The number of nitriles is 2. The number of aromatic amines is 2. The maximum absolute atomic E-state index is 9.77. The van der Waals surface area contributed by atoms with Crippen LogP contribution in [0.4, 0.5) is 11.4 Å². The van der Waals surface area contributed by atoms with Gasteiger partial charge in [0.1, 0.15) is 40.8 Å². The Bertz CT molecular complexity index is 3500. The number of imidazole rings is 2. The number of benzene rings is 4. The fourth-order valence-electron chi connectivity index (χ4n) is 10.7. The summed E-state index contributed by atoms with van der Waals surface area (Å²) in [5, 5.41) is 19.9. The molecule has 0 unspecified atom stereocenters. The van der Waals surface area contributed by atoms with Gasteiger partial charge in [-0.25, -0.2) is 19.9 Å². The summed E-state index contributed by atoms with van der Waals surface area (Å²) in [6, 6.07) is 36.5. The third-order valence-corrected chi connectivity index (χ3v) is 16.3. The van der Waals surface area contributed by atoms with E-state index in [0.29, 0.717) is 38.9 Å². The third-order valence-electron chi connectivity index (χ3n) is 16.0. The topological polar surface area (TPSA) is 193 Å². The van der Waals surface area contributed by atoms with Gasteiger partial charge in [0, 0.05) is 66.6 Å². The van der Waals surface area contributed by atoms with Crippen molar-refractivity contribution in [1.82, 2.24) is 29.9 Å². The Morgan fingerprint density at radius 1 is 0.575 bits per heavy atom. The van der Waals surface area contributed by atoms with Crippen molar-refractivity contribution >= 4 is 57.9 Å². The first-order valence-electron chi connectivity index (χ1n) is 27.9. The Hall–Kier alpha value is -7.51. The van der Waals surface area contributed by atoms with Crippen molar-refractivity contribution in [2.75, 3.05) is 62.4 Å². The Labute approximate surface area is 472 Å². The smallest absolute Gasteiger partial charge is 0.489 e. The molecule has 16 nitrogen and oxygen atoms in total. The number of fused-ring (bicyclic) bond motifs is 2. The predicted octanol–water partition coefficient (Wildman–Crippen LogP) is 11.6. The van der Waals surface area contributed by atoms with Crippen LogP contribution in [0.2, 0.25) is 5.02 Å². The van der Waals surface area contributed by atoms with Crippen molar-refractivity contribution in [2.24, 2.45) is 0 Å². The molecule has 2 N–H and O–H groups in total. The van der Waals surface area contributed by atoms with E-state index in [1.165, 1.54) is 37.1 Å². The fourth-order valence-corrected chi connectivity index (χ4v) is 10.9. The van der Waals surface area contributed by atoms with Crippen LogP contribution in [0, 0.1) is 22.7 Å². The Balaban J connectivity index is 0.000000132. The summed E-state index contributed by atoms with van der Waals surface area (Å²) in [4.78, 5) is 29.3. The Morgan fingerprint density at radius 2 is 1.02 bits per heavy atom. The maximum atomic E-state index is 9.77. The zero-order valence-electron chi connectivity index (χ0n) is 45.8. The summed E-state index contributed by atoms with van der Waals surface area (Å²) in [6.07, 6.45) is 12.9. The molecule has 3 saturated heterocycles. The lowest BCUT2D eigenvalue weighted by molar-refractivity contribution is 0.00578. The molecule has 4 aromatic heterocycles. The van der Waals surface area contributed by atoms with Crippen molar-refractivity contribution in [3.8, 4) is 57.5 Å². The number of nitrogens with one attached hydrogen (secondary N) is 2. The first-order chi connectivity index (χ1) is 38.9. The van der Waals surface area contributed by atoms with Gasteiger partial charge in [-0.2, -0.15) is 10.5 Å². The third kappa shape index (κ3) is 12.1. The molecule has 0 spiro atoms. The molecule has 7 heterocycles. The average molecular weight is 1090 g/mol. The highest BCUT2D eigenvalue weighted by atomic mass is 35.5. The molecule has 5 aliphatic rings. The van der Waals surface area contributed by atoms with Crippen LogP contribution in [0.15, 0.2) is 109 Å². The lowest BCUT2D eigenvalue weighted by atomic mass is 9.78. The van der Waals surface area contributed by atoms with Gasteiger partial charge in [-0.1, -0.05) is 23.7 Å². The minimum Gasteiger partial charge on any atom is -0.489 e. The second-order valence-corrected chi connectivity index (χ2v) is 22.2. The predicted molar refractivity (Wildman–Crippen MR) is 313 cm³/mol. The molecule has 0 amide bonds. The molecule has 0 radical (unpaired) electrons.